The van der Waals surface area contributed by atoms with Gasteiger partial charge in [-0.2, -0.15) is 5.10 Å². The van der Waals surface area contributed by atoms with Gasteiger partial charge < -0.3 is 19.1 Å². The first-order chi connectivity index (χ1) is 15.0. The number of carbonyl (C=O) groups excluding carboxylic acids is 2. The first-order valence-electron chi connectivity index (χ1n) is 10.6. The highest BCUT2D eigenvalue weighted by Crippen LogP contribution is 2.39. The molecule has 0 spiro atoms. The van der Waals surface area contributed by atoms with Crippen molar-refractivity contribution in [2.75, 3.05) is 49.4 Å². The van der Waals surface area contributed by atoms with E-state index < -0.39 is 6.09 Å². The lowest BCUT2D eigenvalue weighted by Crippen LogP contribution is -2.51. The maximum atomic E-state index is 12.9. The van der Waals surface area contributed by atoms with Crippen LogP contribution in [0, 0.1) is 5.92 Å². The van der Waals surface area contributed by atoms with E-state index in [0.717, 1.165) is 11.1 Å². The van der Waals surface area contributed by atoms with Gasteiger partial charge in [-0.25, -0.2) is 4.79 Å². The summed E-state index contributed by atoms with van der Waals surface area (Å²) in [6.45, 7) is 6.77. The minimum atomic E-state index is -0.400. The van der Waals surface area contributed by atoms with Crippen LogP contribution in [-0.2, 0) is 19.0 Å². The van der Waals surface area contributed by atoms with Gasteiger partial charge in [-0.05, 0) is 24.6 Å². The number of ether oxygens (including phenoxy) is 3. The fourth-order valence-electron chi connectivity index (χ4n) is 4.17. The van der Waals surface area contributed by atoms with E-state index in [-0.39, 0.29) is 23.9 Å². The van der Waals surface area contributed by atoms with Crippen molar-refractivity contribution in [3.8, 4) is 11.1 Å². The second-order valence-corrected chi connectivity index (χ2v) is 8.43. The Morgan fingerprint density at radius 2 is 1.90 bits per heavy atom. The zero-order chi connectivity index (χ0) is 21.5. The average molecular weight is 426 g/mol. The molecule has 164 valence electrons. The van der Waals surface area contributed by atoms with E-state index in [4.69, 9.17) is 14.2 Å². The molecule has 2 fully saturated rings. The van der Waals surface area contributed by atoms with E-state index in [0.29, 0.717) is 51.0 Å². The summed E-state index contributed by atoms with van der Waals surface area (Å²) in [4.78, 5) is 28.6. The molecule has 3 aliphatic rings. The molecule has 5 rings (SSSR count). The molecular weight excluding hydrogens is 400 g/mol. The Morgan fingerprint density at radius 1 is 1.13 bits per heavy atom. The van der Waals surface area contributed by atoms with E-state index in [2.05, 4.69) is 5.10 Å². The van der Waals surface area contributed by atoms with Crippen LogP contribution in [0.25, 0.3) is 11.1 Å². The third-order valence-electron chi connectivity index (χ3n) is 6.05. The van der Waals surface area contributed by atoms with Gasteiger partial charge in [-0.15, -0.1) is 0 Å². The number of fused-ring (bicyclic) bond motifs is 1. The van der Waals surface area contributed by atoms with Crippen LogP contribution < -0.4 is 9.80 Å². The van der Waals surface area contributed by atoms with E-state index in [1.165, 1.54) is 0 Å². The zero-order valence-electron chi connectivity index (χ0n) is 17.7. The van der Waals surface area contributed by atoms with Gasteiger partial charge in [0.1, 0.15) is 6.61 Å². The third-order valence-corrected chi connectivity index (χ3v) is 6.05. The largest absolute Gasteiger partial charge is 0.449 e. The van der Waals surface area contributed by atoms with Gasteiger partial charge in [0.25, 0.3) is 0 Å². The molecule has 31 heavy (non-hydrogen) atoms. The van der Waals surface area contributed by atoms with Crippen molar-refractivity contribution in [1.82, 2.24) is 9.78 Å². The minimum absolute atomic E-state index is 0.0565. The standard InChI is InChI=1S/C22H26N4O5/c1-14-7-24(22(28)31-11-16-9-29-10-16)21-5-17(3-4-20(21)26(14)15(2)27)18-6-23-25(8-18)19-12-30-13-19/h3-6,8,14,16,19H,7,9-13H2,1-2H3. The summed E-state index contributed by atoms with van der Waals surface area (Å²) >= 11 is 0. The Labute approximate surface area is 180 Å². The van der Waals surface area contributed by atoms with E-state index in [9.17, 15) is 9.59 Å². The highest BCUT2D eigenvalue weighted by molar-refractivity contribution is 6.03. The molecule has 1 atom stereocenters. The van der Waals surface area contributed by atoms with Gasteiger partial charge in [-0.1, -0.05) is 6.07 Å². The van der Waals surface area contributed by atoms with Crippen molar-refractivity contribution in [1.29, 1.82) is 0 Å². The van der Waals surface area contributed by atoms with Gasteiger partial charge in [0, 0.05) is 31.1 Å². The molecule has 4 heterocycles. The Kier molecular flexibility index (Phi) is 5.15. The van der Waals surface area contributed by atoms with E-state index in [1.807, 2.05) is 42.2 Å². The van der Waals surface area contributed by atoms with Crippen molar-refractivity contribution in [3.05, 3.63) is 30.6 Å². The van der Waals surface area contributed by atoms with Gasteiger partial charge in [-0.3, -0.25) is 14.4 Å². The topological polar surface area (TPSA) is 86.1 Å². The second-order valence-electron chi connectivity index (χ2n) is 8.43. The highest BCUT2D eigenvalue weighted by atomic mass is 16.6. The summed E-state index contributed by atoms with van der Waals surface area (Å²) in [5, 5.41) is 4.46. The van der Waals surface area contributed by atoms with Crippen molar-refractivity contribution >= 4 is 23.4 Å². The molecule has 1 unspecified atom stereocenters. The maximum absolute atomic E-state index is 12.9. The van der Waals surface area contributed by atoms with Crippen LogP contribution in [0.2, 0.25) is 0 Å². The number of nitrogens with zero attached hydrogens (tertiary/aromatic N) is 4. The van der Waals surface area contributed by atoms with Crippen molar-refractivity contribution < 1.29 is 23.8 Å². The summed E-state index contributed by atoms with van der Waals surface area (Å²) in [7, 11) is 0. The predicted molar refractivity (Wildman–Crippen MR) is 113 cm³/mol. The average Bonchev–Trinajstić information content (AvgIpc) is 3.13. The lowest BCUT2D eigenvalue weighted by molar-refractivity contribution is -0.117. The Hall–Kier alpha value is -2.91. The lowest BCUT2D eigenvalue weighted by atomic mass is 10.0. The van der Waals surface area contributed by atoms with Crippen molar-refractivity contribution in [2.45, 2.75) is 25.9 Å². The first-order valence-corrected chi connectivity index (χ1v) is 10.6. The van der Waals surface area contributed by atoms with Crippen molar-refractivity contribution in [2.24, 2.45) is 5.92 Å². The summed E-state index contributed by atoms with van der Waals surface area (Å²) in [6, 6.07) is 5.90. The highest BCUT2D eigenvalue weighted by Gasteiger charge is 2.35. The molecular formula is C22H26N4O5. The molecule has 0 radical (unpaired) electrons. The summed E-state index contributed by atoms with van der Waals surface area (Å²) in [6.07, 6.45) is 3.40. The third kappa shape index (κ3) is 3.68. The molecule has 0 saturated carbocycles. The van der Waals surface area contributed by atoms with Crippen LogP contribution in [0.4, 0.5) is 16.2 Å². The molecule has 0 bridgehead atoms. The van der Waals surface area contributed by atoms with Crippen LogP contribution in [0.1, 0.15) is 19.9 Å². The molecule has 3 aliphatic heterocycles. The molecule has 0 N–H and O–H groups in total. The summed E-state index contributed by atoms with van der Waals surface area (Å²) in [5.74, 6) is 0.200. The fourth-order valence-corrected chi connectivity index (χ4v) is 4.17. The lowest BCUT2D eigenvalue weighted by Gasteiger charge is -2.40. The monoisotopic (exact) mass is 426 g/mol. The van der Waals surface area contributed by atoms with Crippen LogP contribution in [-0.4, -0.2) is 67.4 Å². The number of carbonyl (C=O) groups is 2. The van der Waals surface area contributed by atoms with Crippen LogP contribution >= 0.6 is 0 Å². The molecule has 2 amide bonds. The van der Waals surface area contributed by atoms with Gasteiger partial charge in [0.05, 0.1) is 56.1 Å². The van der Waals surface area contributed by atoms with Crippen molar-refractivity contribution in [3.63, 3.8) is 0 Å². The Bertz CT molecular complexity index is 998. The second kappa shape index (κ2) is 7.97. The molecule has 1 aromatic heterocycles. The normalized spacial score (nSPS) is 21.3. The SMILES string of the molecule is CC(=O)N1c2ccc(-c3cnn(C4COC4)c3)cc2N(C(=O)OCC2COC2)CC1C. The van der Waals surface area contributed by atoms with E-state index in [1.54, 1.807) is 16.7 Å². The zero-order valence-corrected chi connectivity index (χ0v) is 17.7. The molecule has 2 saturated heterocycles. The number of anilines is 2. The molecule has 2 aromatic rings. The Balaban J connectivity index is 1.46. The minimum Gasteiger partial charge on any atom is -0.449 e. The number of rotatable bonds is 4. The molecule has 1 aromatic carbocycles. The maximum Gasteiger partial charge on any atom is 0.414 e. The van der Waals surface area contributed by atoms with E-state index >= 15 is 0 Å². The Morgan fingerprint density at radius 3 is 2.55 bits per heavy atom. The van der Waals surface area contributed by atoms with Crippen LogP contribution in [0.15, 0.2) is 30.6 Å². The fraction of sp³-hybridized carbons (Fsp3) is 0.500. The van der Waals surface area contributed by atoms with Gasteiger partial charge >= 0.3 is 6.09 Å². The predicted octanol–water partition coefficient (Wildman–Crippen LogP) is 2.47. The quantitative estimate of drug-likeness (QED) is 0.747. The number of hydrogen-bond acceptors (Lipinski definition) is 6. The number of amides is 2. The van der Waals surface area contributed by atoms with Gasteiger partial charge in [0.15, 0.2) is 0 Å². The molecule has 0 aliphatic carbocycles. The van der Waals surface area contributed by atoms with Crippen LogP contribution in [0.3, 0.4) is 0 Å². The van der Waals surface area contributed by atoms with Crippen LogP contribution in [0.5, 0.6) is 0 Å². The first kappa shape index (κ1) is 20.0. The van der Waals surface area contributed by atoms with Gasteiger partial charge in [0.2, 0.25) is 5.91 Å². The number of hydrogen-bond donors (Lipinski definition) is 0. The molecule has 9 heteroatoms. The summed E-state index contributed by atoms with van der Waals surface area (Å²) < 4.78 is 17.9. The molecule has 9 nitrogen and oxygen atoms in total. The summed E-state index contributed by atoms with van der Waals surface area (Å²) in [5.41, 5.74) is 3.25. The smallest absolute Gasteiger partial charge is 0.414 e. The number of aromatic nitrogens is 2. The number of benzene rings is 1.